The van der Waals surface area contributed by atoms with Crippen LogP contribution in [0, 0.1) is 5.92 Å². The van der Waals surface area contributed by atoms with E-state index in [1.807, 2.05) is 18.2 Å². The minimum absolute atomic E-state index is 0.344. The highest BCUT2D eigenvalue weighted by molar-refractivity contribution is 7.91. The van der Waals surface area contributed by atoms with E-state index in [9.17, 15) is 8.42 Å². The summed E-state index contributed by atoms with van der Waals surface area (Å²) in [6.45, 7) is 1.73. The Morgan fingerprint density at radius 1 is 1.11 bits per heavy atom. The Hall–Kier alpha value is -0.870. The van der Waals surface area contributed by atoms with Crippen molar-refractivity contribution in [2.45, 2.75) is 19.3 Å². The summed E-state index contributed by atoms with van der Waals surface area (Å²) in [6, 6.07) is 10.2. The maximum Gasteiger partial charge on any atom is 0.150 e. The molecule has 1 aromatic carbocycles. The van der Waals surface area contributed by atoms with E-state index in [4.69, 9.17) is 0 Å². The van der Waals surface area contributed by atoms with Crippen molar-refractivity contribution in [2.75, 3.05) is 24.6 Å². The highest BCUT2D eigenvalue weighted by Crippen LogP contribution is 2.10. The second-order valence-electron chi connectivity index (χ2n) is 5.08. The van der Waals surface area contributed by atoms with Crippen LogP contribution in [-0.2, 0) is 16.3 Å². The van der Waals surface area contributed by atoms with Crippen LogP contribution in [0.4, 0.5) is 0 Å². The smallest absolute Gasteiger partial charge is 0.150 e. The molecule has 1 N–H and O–H groups in total. The zero-order valence-electron chi connectivity index (χ0n) is 10.6. The first-order valence-corrected chi connectivity index (χ1v) is 8.43. The summed E-state index contributed by atoms with van der Waals surface area (Å²) < 4.78 is 23.6. The van der Waals surface area contributed by atoms with Gasteiger partial charge in [-0.1, -0.05) is 30.3 Å². The molecule has 0 aliphatic carbocycles. The Kier molecular flexibility index (Phi) is 4.78. The van der Waals surface area contributed by atoms with Crippen molar-refractivity contribution in [2.24, 2.45) is 5.92 Å². The fraction of sp³-hybridized carbons (Fsp3) is 0.571. The molecule has 1 heterocycles. The van der Waals surface area contributed by atoms with E-state index in [0.29, 0.717) is 17.4 Å². The quantitative estimate of drug-likeness (QED) is 0.764. The van der Waals surface area contributed by atoms with Gasteiger partial charge in [-0.25, -0.2) is 8.42 Å². The Labute approximate surface area is 110 Å². The van der Waals surface area contributed by atoms with Crippen LogP contribution in [0.1, 0.15) is 18.4 Å². The molecule has 3 nitrogen and oxygen atoms in total. The van der Waals surface area contributed by atoms with Gasteiger partial charge in [0.15, 0.2) is 9.84 Å². The summed E-state index contributed by atoms with van der Waals surface area (Å²) in [5, 5.41) is 3.11. The number of sulfone groups is 1. The predicted molar refractivity (Wildman–Crippen MR) is 74.4 cm³/mol. The van der Waals surface area contributed by atoms with Gasteiger partial charge < -0.3 is 5.32 Å². The number of aryl methyl sites for hydroxylation is 1. The summed E-state index contributed by atoms with van der Waals surface area (Å²) in [4.78, 5) is 0. The largest absolute Gasteiger partial charge is 0.316 e. The minimum atomic E-state index is -2.84. The summed E-state index contributed by atoms with van der Waals surface area (Å²) in [5.41, 5.74) is 1.29. The van der Waals surface area contributed by atoms with E-state index in [0.717, 1.165) is 32.4 Å². The van der Waals surface area contributed by atoms with Crippen LogP contribution in [0.15, 0.2) is 30.3 Å². The highest BCUT2D eigenvalue weighted by Gasteiger charge is 2.23. The van der Waals surface area contributed by atoms with Crippen LogP contribution in [0.3, 0.4) is 0 Å². The number of rotatable bonds is 7. The highest BCUT2D eigenvalue weighted by atomic mass is 32.2. The number of benzene rings is 1. The third kappa shape index (κ3) is 4.42. The molecule has 1 fully saturated rings. The topological polar surface area (TPSA) is 46.2 Å². The van der Waals surface area contributed by atoms with Gasteiger partial charge >= 0.3 is 0 Å². The van der Waals surface area contributed by atoms with Gasteiger partial charge in [0, 0.05) is 13.1 Å². The van der Waals surface area contributed by atoms with Gasteiger partial charge in [-0.2, -0.15) is 0 Å². The van der Waals surface area contributed by atoms with Crippen LogP contribution in [0.25, 0.3) is 0 Å². The number of hydrogen-bond acceptors (Lipinski definition) is 3. The molecular weight excluding hydrogens is 246 g/mol. The zero-order valence-corrected chi connectivity index (χ0v) is 11.5. The molecule has 0 aromatic heterocycles. The van der Waals surface area contributed by atoms with Crippen LogP contribution >= 0.6 is 0 Å². The van der Waals surface area contributed by atoms with Crippen molar-refractivity contribution in [1.82, 2.24) is 5.32 Å². The van der Waals surface area contributed by atoms with Gasteiger partial charge in [0.1, 0.15) is 0 Å². The van der Waals surface area contributed by atoms with Gasteiger partial charge in [-0.05, 0) is 30.7 Å². The van der Waals surface area contributed by atoms with E-state index in [1.54, 1.807) is 0 Å². The van der Waals surface area contributed by atoms with Crippen molar-refractivity contribution in [3.8, 4) is 0 Å². The number of nitrogens with one attached hydrogen (secondary N) is 1. The van der Waals surface area contributed by atoms with Crippen molar-refractivity contribution in [1.29, 1.82) is 0 Å². The molecule has 1 saturated heterocycles. The molecule has 1 aliphatic heterocycles. The van der Waals surface area contributed by atoms with Gasteiger partial charge in [-0.15, -0.1) is 0 Å². The second-order valence-corrected chi connectivity index (χ2v) is 7.31. The Morgan fingerprint density at radius 3 is 2.44 bits per heavy atom. The molecule has 0 saturated carbocycles. The number of hydrogen-bond donors (Lipinski definition) is 1. The van der Waals surface area contributed by atoms with Crippen LogP contribution in [-0.4, -0.2) is 33.0 Å². The average Bonchev–Trinajstić information content (AvgIpc) is 2.31. The lowest BCUT2D eigenvalue weighted by molar-refractivity contribution is 0.378. The maximum atomic E-state index is 11.8. The molecule has 0 bridgehead atoms. The summed E-state index contributed by atoms with van der Waals surface area (Å²) >= 11 is 0. The Bertz CT molecular complexity index is 452. The maximum absolute atomic E-state index is 11.8. The molecule has 1 aromatic rings. The van der Waals surface area contributed by atoms with Gasteiger partial charge in [0.25, 0.3) is 0 Å². The van der Waals surface area contributed by atoms with Crippen molar-refractivity contribution in [3.05, 3.63) is 35.9 Å². The van der Waals surface area contributed by atoms with Crippen LogP contribution in [0.5, 0.6) is 0 Å². The first-order valence-electron chi connectivity index (χ1n) is 6.61. The predicted octanol–water partition coefficient (Wildman–Crippen LogP) is 1.64. The average molecular weight is 267 g/mol. The first-order chi connectivity index (χ1) is 8.66. The lowest BCUT2D eigenvalue weighted by atomic mass is 10.1. The summed E-state index contributed by atoms with van der Waals surface area (Å²) in [6.07, 6.45) is 2.70. The van der Waals surface area contributed by atoms with E-state index in [1.165, 1.54) is 5.56 Å². The van der Waals surface area contributed by atoms with E-state index in [2.05, 4.69) is 17.4 Å². The monoisotopic (exact) mass is 267 g/mol. The minimum Gasteiger partial charge on any atom is -0.316 e. The van der Waals surface area contributed by atoms with Crippen molar-refractivity contribution >= 4 is 9.84 Å². The molecule has 0 amide bonds. The van der Waals surface area contributed by atoms with Crippen molar-refractivity contribution in [3.63, 3.8) is 0 Å². The van der Waals surface area contributed by atoms with E-state index >= 15 is 0 Å². The molecular formula is C14H21NO2S. The molecule has 0 spiro atoms. The Morgan fingerprint density at radius 2 is 1.83 bits per heavy atom. The van der Waals surface area contributed by atoms with E-state index in [-0.39, 0.29) is 0 Å². The van der Waals surface area contributed by atoms with Crippen molar-refractivity contribution < 1.29 is 8.42 Å². The van der Waals surface area contributed by atoms with E-state index < -0.39 is 9.84 Å². The first kappa shape index (κ1) is 13.6. The molecule has 100 valence electrons. The SMILES string of the molecule is O=S(=O)(CCCCc1ccccc1)CC1CNC1. The van der Waals surface area contributed by atoms with Gasteiger partial charge in [0.2, 0.25) is 0 Å². The third-order valence-corrected chi connectivity index (χ3v) is 5.26. The fourth-order valence-electron chi connectivity index (χ4n) is 2.20. The lowest BCUT2D eigenvalue weighted by Gasteiger charge is -2.26. The molecule has 4 heteroatoms. The zero-order chi connectivity index (χ0) is 12.8. The molecule has 0 unspecified atom stereocenters. The molecule has 18 heavy (non-hydrogen) atoms. The Balaban J connectivity index is 1.65. The lowest BCUT2D eigenvalue weighted by Crippen LogP contribution is -2.45. The third-order valence-electron chi connectivity index (χ3n) is 3.37. The molecule has 0 radical (unpaired) electrons. The van der Waals surface area contributed by atoms with Crippen LogP contribution in [0.2, 0.25) is 0 Å². The fourth-order valence-corrected chi connectivity index (χ4v) is 3.97. The van der Waals surface area contributed by atoms with Gasteiger partial charge in [0.05, 0.1) is 11.5 Å². The second kappa shape index (κ2) is 6.34. The standard InChI is InChI=1S/C14H21NO2S/c16-18(17,12-14-10-15-11-14)9-5-4-8-13-6-2-1-3-7-13/h1-3,6-7,14-15H,4-5,8-12H2. The molecule has 1 aliphatic rings. The summed E-state index contributed by atoms with van der Waals surface area (Å²) in [7, 11) is -2.84. The normalized spacial score (nSPS) is 16.4. The van der Waals surface area contributed by atoms with Gasteiger partial charge in [-0.3, -0.25) is 0 Å². The van der Waals surface area contributed by atoms with Crippen LogP contribution < -0.4 is 5.32 Å². The molecule has 0 atom stereocenters. The summed E-state index contributed by atoms with van der Waals surface area (Å²) in [5.74, 6) is 1.06. The number of unbranched alkanes of at least 4 members (excludes halogenated alkanes) is 1. The molecule has 2 rings (SSSR count).